The van der Waals surface area contributed by atoms with Crippen molar-refractivity contribution in [2.75, 3.05) is 0 Å². The summed E-state index contributed by atoms with van der Waals surface area (Å²) in [6, 6.07) is 8.78. The normalized spacial score (nSPS) is 34.1. The molecule has 0 heterocycles. The lowest BCUT2D eigenvalue weighted by Gasteiger charge is -2.11. The Labute approximate surface area is 91.7 Å². The van der Waals surface area contributed by atoms with Crippen molar-refractivity contribution in [2.24, 2.45) is 17.6 Å². The second-order valence-electron chi connectivity index (χ2n) is 5.55. The van der Waals surface area contributed by atoms with Gasteiger partial charge < -0.3 is 5.73 Å². The third-order valence-corrected chi connectivity index (χ3v) is 3.99. The molecule has 2 N–H and O–H groups in total. The zero-order valence-corrected chi connectivity index (χ0v) is 9.37. The van der Waals surface area contributed by atoms with Crippen LogP contribution < -0.4 is 5.73 Å². The molecule has 0 bridgehead atoms. The standard InChI is InChI=1S/C14H19N/c1-10-3-2-4-11(7-10)8-14(15)9-13(14)12-5-6-12/h2-4,7,12-13H,5-6,8-9,15H2,1H3. The monoisotopic (exact) mass is 201 g/mol. The zero-order valence-electron chi connectivity index (χ0n) is 9.37. The lowest BCUT2D eigenvalue weighted by molar-refractivity contribution is 0.548. The molecule has 0 aromatic heterocycles. The Hall–Kier alpha value is -0.820. The summed E-state index contributed by atoms with van der Waals surface area (Å²) in [4.78, 5) is 0. The van der Waals surface area contributed by atoms with Crippen molar-refractivity contribution < 1.29 is 0 Å². The molecule has 0 saturated heterocycles. The summed E-state index contributed by atoms with van der Waals surface area (Å²) < 4.78 is 0. The molecule has 0 aliphatic heterocycles. The van der Waals surface area contributed by atoms with Crippen LogP contribution in [0.15, 0.2) is 24.3 Å². The van der Waals surface area contributed by atoms with Crippen LogP contribution in [0.25, 0.3) is 0 Å². The molecule has 0 spiro atoms. The summed E-state index contributed by atoms with van der Waals surface area (Å²) in [5.74, 6) is 1.80. The summed E-state index contributed by atoms with van der Waals surface area (Å²) in [6.45, 7) is 2.15. The lowest BCUT2D eigenvalue weighted by Crippen LogP contribution is -2.28. The molecular weight excluding hydrogens is 182 g/mol. The third kappa shape index (κ3) is 1.81. The Morgan fingerprint density at radius 3 is 2.87 bits per heavy atom. The van der Waals surface area contributed by atoms with Gasteiger partial charge in [-0.05, 0) is 50.0 Å². The van der Waals surface area contributed by atoms with Gasteiger partial charge in [0.25, 0.3) is 0 Å². The average Bonchev–Trinajstić information content (AvgIpc) is 3.01. The van der Waals surface area contributed by atoms with Crippen molar-refractivity contribution in [3.8, 4) is 0 Å². The number of nitrogens with two attached hydrogens (primary N) is 1. The summed E-state index contributed by atoms with van der Waals surface area (Å²) in [6.07, 6.45) is 5.19. The Morgan fingerprint density at radius 1 is 1.40 bits per heavy atom. The lowest BCUT2D eigenvalue weighted by atomic mass is 10.00. The first-order valence-corrected chi connectivity index (χ1v) is 6.02. The fourth-order valence-electron chi connectivity index (χ4n) is 2.89. The molecule has 2 aliphatic rings. The average molecular weight is 201 g/mol. The van der Waals surface area contributed by atoms with E-state index in [1.807, 2.05) is 0 Å². The summed E-state index contributed by atoms with van der Waals surface area (Å²) in [5, 5.41) is 0. The van der Waals surface area contributed by atoms with Crippen molar-refractivity contribution in [1.29, 1.82) is 0 Å². The molecule has 2 aliphatic carbocycles. The van der Waals surface area contributed by atoms with Gasteiger partial charge in [0.2, 0.25) is 0 Å². The van der Waals surface area contributed by atoms with Gasteiger partial charge in [-0.3, -0.25) is 0 Å². The van der Waals surface area contributed by atoms with Crippen LogP contribution in [0.2, 0.25) is 0 Å². The van der Waals surface area contributed by atoms with Crippen LogP contribution >= 0.6 is 0 Å². The van der Waals surface area contributed by atoms with Gasteiger partial charge in [-0.1, -0.05) is 29.8 Å². The van der Waals surface area contributed by atoms with E-state index in [4.69, 9.17) is 5.73 Å². The molecule has 1 nitrogen and oxygen atoms in total. The molecule has 80 valence electrons. The van der Waals surface area contributed by atoms with Gasteiger partial charge in [-0.2, -0.15) is 0 Å². The second kappa shape index (κ2) is 3.08. The van der Waals surface area contributed by atoms with E-state index in [2.05, 4.69) is 31.2 Å². The van der Waals surface area contributed by atoms with Crippen LogP contribution in [0.4, 0.5) is 0 Å². The predicted octanol–water partition coefficient (Wildman–Crippen LogP) is 2.66. The van der Waals surface area contributed by atoms with E-state index in [1.165, 1.54) is 30.4 Å². The van der Waals surface area contributed by atoms with Crippen LogP contribution in [0.1, 0.15) is 30.4 Å². The molecule has 1 aromatic rings. The van der Waals surface area contributed by atoms with Crippen molar-refractivity contribution >= 4 is 0 Å². The molecule has 2 fully saturated rings. The third-order valence-electron chi connectivity index (χ3n) is 3.99. The largest absolute Gasteiger partial charge is 0.325 e. The maximum atomic E-state index is 6.41. The van der Waals surface area contributed by atoms with Gasteiger partial charge in [0, 0.05) is 5.54 Å². The summed E-state index contributed by atoms with van der Waals surface area (Å²) >= 11 is 0. The Morgan fingerprint density at radius 2 is 2.20 bits per heavy atom. The minimum Gasteiger partial charge on any atom is -0.325 e. The van der Waals surface area contributed by atoms with Gasteiger partial charge in [0.1, 0.15) is 0 Å². The van der Waals surface area contributed by atoms with Crippen molar-refractivity contribution in [1.82, 2.24) is 0 Å². The first kappa shape index (κ1) is 9.41. The minimum absolute atomic E-state index is 0.148. The highest BCUT2D eigenvalue weighted by atomic mass is 14.9. The molecule has 1 aromatic carbocycles. The van der Waals surface area contributed by atoms with Gasteiger partial charge in [0.05, 0.1) is 0 Å². The number of rotatable bonds is 3. The van der Waals surface area contributed by atoms with E-state index in [0.29, 0.717) is 0 Å². The van der Waals surface area contributed by atoms with Crippen molar-refractivity contribution in [3.05, 3.63) is 35.4 Å². The van der Waals surface area contributed by atoms with Gasteiger partial charge in [0.15, 0.2) is 0 Å². The van der Waals surface area contributed by atoms with E-state index in [-0.39, 0.29) is 5.54 Å². The van der Waals surface area contributed by atoms with E-state index < -0.39 is 0 Å². The number of hydrogen-bond donors (Lipinski definition) is 1. The molecule has 3 rings (SSSR count). The van der Waals surface area contributed by atoms with Crippen molar-refractivity contribution in [2.45, 2.75) is 38.1 Å². The van der Waals surface area contributed by atoms with Crippen molar-refractivity contribution in [3.63, 3.8) is 0 Å². The highest BCUT2D eigenvalue weighted by molar-refractivity contribution is 5.27. The zero-order chi connectivity index (χ0) is 10.5. The molecule has 2 atom stereocenters. The predicted molar refractivity (Wildman–Crippen MR) is 62.6 cm³/mol. The van der Waals surface area contributed by atoms with Crippen LogP contribution in [-0.4, -0.2) is 5.54 Å². The first-order valence-electron chi connectivity index (χ1n) is 6.02. The second-order valence-corrected chi connectivity index (χ2v) is 5.55. The van der Waals surface area contributed by atoms with E-state index in [0.717, 1.165) is 18.3 Å². The Bertz CT molecular complexity index is 381. The maximum absolute atomic E-state index is 6.41. The Kier molecular flexibility index (Phi) is 1.93. The van der Waals surface area contributed by atoms with E-state index >= 15 is 0 Å². The minimum atomic E-state index is 0.148. The van der Waals surface area contributed by atoms with Crippen LogP contribution in [0.3, 0.4) is 0 Å². The molecule has 0 radical (unpaired) electrons. The van der Waals surface area contributed by atoms with E-state index in [1.54, 1.807) is 0 Å². The van der Waals surface area contributed by atoms with Crippen LogP contribution in [0.5, 0.6) is 0 Å². The van der Waals surface area contributed by atoms with Gasteiger partial charge in [-0.25, -0.2) is 0 Å². The van der Waals surface area contributed by atoms with Gasteiger partial charge >= 0.3 is 0 Å². The van der Waals surface area contributed by atoms with E-state index in [9.17, 15) is 0 Å². The first-order chi connectivity index (χ1) is 7.17. The molecule has 2 saturated carbocycles. The number of hydrogen-bond acceptors (Lipinski definition) is 1. The molecule has 0 amide bonds. The fraction of sp³-hybridized carbons (Fsp3) is 0.571. The summed E-state index contributed by atoms with van der Waals surface area (Å²) in [7, 11) is 0. The fourth-order valence-corrected chi connectivity index (χ4v) is 2.89. The SMILES string of the molecule is Cc1cccc(CC2(N)CC2C2CC2)c1. The quantitative estimate of drug-likeness (QED) is 0.799. The molecular formula is C14H19N. The molecule has 15 heavy (non-hydrogen) atoms. The maximum Gasteiger partial charge on any atom is 0.0230 e. The van der Waals surface area contributed by atoms with Crippen LogP contribution in [0, 0.1) is 18.8 Å². The summed E-state index contributed by atoms with van der Waals surface area (Å²) in [5.41, 5.74) is 9.33. The number of aryl methyl sites for hydroxylation is 1. The molecule has 1 heteroatoms. The number of benzene rings is 1. The molecule has 2 unspecified atom stereocenters. The smallest absolute Gasteiger partial charge is 0.0230 e. The van der Waals surface area contributed by atoms with Crippen LogP contribution in [-0.2, 0) is 6.42 Å². The topological polar surface area (TPSA) is 26.0 Å². The Balaban J connectivity index is 1.70. The highest BCUT2D eigenvalue weighted by Crippen LogP contribution is 2.56. The van der Waals surface area contributed by atoms with Gasteiger partial charge in [-0.15, -0.1) is 0 Å². The highest BCUT2D eigenvalue weighted by Gasteiger charge is 2.56.